The van der Waals surface area contributed by atoms with Crippen LogP contribution >= 0.6 is 0 Å². The van der Waals surface area contributed by atoms with Crippen molar-refractivity contribution in [2.75, 3.05) is 0 Å². The van der Waals surface area contributed by atoms with Gasteiger partial charge in [-0.3, -0.25) is 0 Å². The third kappa shape index (κ3) is 18.2. The van der Waals surface area contributed by atoms with Gasteiger partial charge in [0.15, 0.2) is 0 Å². The second-order valence-electron chi connectivity index (χ2n) is 7.83. The number of hydrogen-bond acceptors (Lipinski definition) is 0. The molecule has 0 atom stereocenters. The van der Waals surface area contributed by atoms with Gasteiger partial charge in [-0.2, -0.15) is 0 Å². The van der Waals surface area contributed by atoms with Crippen molar-refractivity contribution in [1.29, 1.82) is 0 Å². The molecule has 0 N–H and O–H groups in total. The molecule has 0 nitrogen and oxygen atoms in total. The van der Waals surface area contributed by atoms with Gasteiger partial charge >= 0.3 is 0 Å². The minimum atomic E-state index is 1.05. The molecule has 0 radical (unpaired) electrons. The number of rotatable bonds is 19. The number of unbranched alkanes of at least 4 members (excludes halogenated alkanes) is 13. The van der Waals surface area contributed by atoms with Gasteiger partial charge in [-0.1, -0.05) is 143 Å². The molecular weight excluding hydrogens is 276 g/mol. The molecule has 0 amide bonds. The molecule has 140 valence electrons. The van der Waals surface area contributed by atoms with Crippen molar-refractivity contribution in [3.8, 4) is 0 Å². The minimum absolute atomic E-state index is 1.05. The van der Waals surface area contributed by atoms with Gasteiger partial charge in [0.05, 0.1) is 0 Å². The van der Waals surface area contributed by atoms with E-state index >= 15 is 0 Å². The van der Waals surface area contributed by atoms with E-state index in [0.717, 1.165) is 5.92 Å². The predicted molar refractivity (Wildman–Crippen MR) is 108 cm³/mol. The Morgan fingerprint density at radius 3 is 0.913 bits per heavy atom. The lowest BCUT2D eigenvalue weighted by molar-refractivity contribution is 0.366. The molecule has 0 saturated heterocycles. The Hall–Kier alpha value is 0. The molecule has 23 heavy (non-hydrogen) atoms. The first-order valence-corrected chi connectivity index (χ1v) is 11.3. The van der Waals surface area contributed by atoms with Gasteiger partial charge in [0.1, 0.15) is 0 Å². The molecule has 0 heterocycles. The molecule has 0 heteroatoms. The Bertz CT molecular complexity index is 182. The van der Waals surface area contributed by atoms with Crippen LogP contribution in [0.5, 0.6) is 0 Å². The lowest BCUT2D eigenvalue weighted by atomic mass is 9.89. The summed E-state index contributed by atoms with van der Waals surface area (Å²) in [5, 5.41) is 0. The van der Waals surface area contributed by atoms with E-state index in [4.69, 9.17) is 0 Å². The first-order chi connectivity index (χ1) is 11.3. The van der Waals surface area contributed by atoms with Gasteiger partial charge in [-0.05, 0) is 5.92 Å². The molecule has 0 fully saturated rings. The summed E-state index contributed by atoms with van der Waals surface area (Å²) >= 11 is 0. The standard InChI is InChI=1S/C23H48/c1-4-7-10-13-16-19-22-23(20-17-14-11-8-5-2)21-18-15-12-9-6-3/h23H,4-22H2,1-3H3. The topological polar surface area (TPSA) is 0 Å². The fourth-order valence-corrected chi connectivity index (χ4v) is 3.72. The van der Waals surface area contributed by atoms with Gasteiger partial charge in [0.25, 0.3) is 0 Å². The summed E-state index contributed by atoms with van der Waals surface area (Å²) in [6, 6.07) is 0. The molecule has 0 aromatic rings. The highest BCUT2D eigenvalue weighted by Gasteiger charge is 2.08. The molecule has 0 aromatic carbocycles. The van der Waals surface area contributed by atoms with Crippen LogP contribution in [-0.2, 0) is 0 Å². The van der Waals surface area contributed by atoms with Gasteiger partial charge < -0.3 is 0 Å². The van der Waals surface area contributed by atoms with Crippen LogP contribution in [0.2, 0.25) is 0 Å². The van der Waals surface area contributed by atoms with Crippen molar-refractivity contribution >= 4 is 0 Å². The average molecular weight is 325 g/mol. The van der Waals surface area contributed by atoms with Crippen LogP contribution in [0.3, 0.4) is 0 Å². The Labute approximate surface area is 149 Å². The van der Waals surface area contributed by atoms with Crippen molar-refractivity contribution in [3.63, 3.8) is 0 Å². The van der Waals surface area contributed by atoms with Crippen LogP contribution in [0.25, 0.3) is 0 Å². The minimum Gasteiger partial charge on any atom is -0.0654 e. The summed E-state index contributed by atoms with van der Waals surface area (Å²) < 4.78 is 0. The van der Waals surface area contributed by atoms with Crippen LogP contribution in [0.1, 0.15) is 143 Å². The molecule has 0 aliphatic rings. The largest absolute Gasteiger partial charge is 0.0654 e. The maximum atomic E-state index is 2.32. The van der Waals surface area contributed by atoms with Crippen molar-refractivity contribution in [2.24, 2.45) is 5.92 Å². The van der Waals surface area contributed by atoms with Gasteiger partial charge in [0.2, 0.25) is 0 Å². The molecule has 0 saturated carbocycles. The number of hydrogen-bond donors (Lipinski definition) is 0. The zero-order valence-corrected chi connectivity index (χ0v) is 17.0. The average Bonchev–Trinajstić information content (AvgIpc) is 2.56. The van der Waals surface area contributed by atoms with Gasteiger partial charge in [-0.15, -0.1) is 0 Å². The zero-order valence-electron chi connectivity index (χ0n) is 17.0. The summed E-state index contributed by atoms with van der Waals surface area (Å²) in [5.41, 5.74) is 0. The summed E-state index contributed by atoms with van der Waals surface area (Å²) in [6.45, 7) is 6.95. The van der Waals surface area contributed by atoms with E-state index in [2.05, 4.69) is 20.8 Å². The van der Waals surface area contributed by atoms with Crippen molar-refractivity contribution < 1.29 is 0 Å². The molecular formula is C23H48. The zero-order chi connectivity index (χ0) is 17.0. The van der Waals surface area contributed by atoms with E-state index in [9.17, 15) is 0 Å². The van der Waals surface area contributed by atoms with Crippen LogP contribution in [0.15, 0.2) is 0 Å². The molecule has 0 bridgehead atoms. The van der Waals surface area contributed by atoms with Gasteiger partial charge in [-0.25, -0.2) is 0 Å². The van der Waals surface area contributed by atoms with Crippen LogP contribution < -0.4 is 0 Å². The van der Waals surface area contributed by atoms with E-state index in [1.165, 1.54) is 122 Å². The predicted octanol–water partition coefficient (Wildman–Crippen LogP) is 9.07. The maximum Gasteiger partial charge on any atom is -0.0414 e. The SMILES string of the molecule is CCCCCCCCC(CCCCCCC)CCCCCCC. The molecule has 0 aliphatic heterocycles. The molecule has 0 rings (SSSR count). The lowest BCUT2D eigenvalue weighted by Gasteiger charge is -2.17. The highest BCUT2D eigenvalue weighted by Crippen LogP contribution is 2.24. The highest BCUT2D eigenvalue weighted by atomic mass is 14.1. The first-order valence-electron chi connectivity index (χ1n) is 11.3. The second-order valence-corrected chi connectivity index (χ2v) is 7.83. The van der Waals surface area contributed by atoms with Crippen LogP contribution in [-0.4, -0.2) is 0 Å². The molecule has 0 aliphatic carbocycles. The Balaban J connectivity index is 3.73. The third-order valence-corrected chi connectivity index (χ3v) is 5.40. The first kappa shape index (κ1) is 23.0. The van der Waals surface area contributed by atoms with E-state index in [0.29, 0.717) is 0 Å². The Morgan fingerprint density at radius 1 is 0.348 bits per heavy atom. The van der Waals surface area contributed by atoms with Crippen molar-refractivity contribution in [1.82, 2.24) is 0 Å². The van der Waals surface area contributed by atoms with E-state index in [1.807, 2.05) is 0 Å². The van der Waals surface area contributed by atoms with Crippen molar-refractivity contribution in [3.05, 3.63) is 0 Å². The Kier molecular flexibility index (Phi) is 20.0. The normalized spacial score (nSPS) is 11.5. The second kappa shape index (κ2) is 20.0. The Morgan fingerprint density at radius 2 is 0.609 bits per heavy atom. The van der Waals surface area contributed by atoms with Crippen molar-refractivity contribution in [2.45, 2.75) is 143 Å². The summed E-state index contributed by atoms with van der Waals surface area (Å²) in [4.78, 5) is 0. The van der Waals surface area contributed by atoms with Gasteiger partial charge in [0, 0.05) is 0 Å². The fourth-order valence-electron chi connectivity index (χ4n) is 3.72. The fraction of sp³-hybridized carbons (Fsp3) is 1.00. The highest BCUT2D eigenvalue weighted by molar-refractivity contribution is 4.62. The lowest BCUT2D eigenvalue weighted by Crippen LogP contribution is -2.01. The third-order valence-electron chi connectivity index (χ3n) is 5.40. The van der Waals surface area contributed by atoms with Crippen LogP contribution in [0, 0.1) is 5.92 Å². The molecule has 0 unspecified atom stereocenters. The summed E-state index contributed by atoms with van der Waals surface area (Å²) in [5.74, 6) is 1.05. The van der Waals surface area contributed by atoms with E-state index in [1.54, 1.807) is 0 Å². The van der Waals surface area contributed by atoms with E-state index < -0.39 is 0 Å². The molecule has 0 aromatic heterocycles. The molecule has 0 spiro atoms. The summed E-state index contributed by atoms with van der Waals surface area (Å²) in [7, 11) is 0. The summed E-state index contributed by atoms with van der Waals surface area (Å²) in [6.07, 6.45) is 27.8. The smallest absolute Gasteiger partial charge is 0.0414 e. The maximum absolute atomic E-state index is 2.32. The van der Waals surface area contributed by atoms with Crippen LogP contribution in [0.4, 0.5) is 0 Å². The quantitative estimate of drug-likeness (QED) is 0.208. The monoisotopic (exact) mass is 324 g/mol. The van der Waals surface area contributed by atoms with E-state index in [-0.39, 0.29) is 0 Å².